The molecule has 0 saturated heterocycles. The Labute approximate surface area is 127 Å². The maximum atomic E-state index is 11.9. The van der Waals surface area contributed by atoms with Gasteiger partial charge in [0.05, 0.1) is 12.1 Å². The fraction of sp³-hybridized carbons (Fsp3) is 0.267. The number of phenols is 1. The van der Waals surface area contributed by atoms with Crippen molar-refractivity contribution in [1.29, 1.82) is 0 Å². The van der Waals surface area contributed by atoms with Gasteiger partial charge in [-0.1, -0.05) is 6.92 Å². The summed E-state index contributed by atoms with van der Waals surface area (Å²) in [6.07, 6.45) is 0.579. The average Bonchev–Trinajstić information content (AvgIpc) is 2.81. The number of aryl methyl sites for hydroxylation is 1. The number of aromatic nitrogens is 2. The van der Waals surface area contributed by atoms with E-state index >= 15 is 0 Å². The van der Waals surface area contributed by atoms with Crippen molar-refractivity contribution in [1.82, 2.24) is 15.6 Å². The number of hydrogen-bond acceptors (Lipinski definition) is 4. The molecule has 0 radical (unpaired) electrons. The Kier molecular flexibility index (Phi) is 4.77. The van der Waals surface area contributed by atoms with E-state index in [4.69, 9.17) is 0 Å². The minimum absolute atomic E-state index is 0.0409. The Hall–Kier alpha value is -2.83. The van der Waals surface area contributed by atoms with Crippen LogP contribution in [0, 0.1) is 6.92 Å². The van der Waals surface area contributed by atoms with Crippen LogP contribution in [0.15, 0.2) is 34.2 Å². The first-order valence-corrected chi connectivity index (χ1v) is 6.92. The predicted octanol–water partition coefficient (Wildman–Crippen LogP) is 1.19. The van der Waals surface area contributed by atoms with Crippen molar-refractivity contribution >= 4 is 11.6 Å². The second-order valence-corrected chi connectivity index (χ2v) is 4.85. The van der Waals surface area contributed by atoms with Gasteiger partial charge in [0, 0.05) is 11.3 Å². The maximum Gasteiger partial charge on any atom is 0.267 e. The first kappa shape index (κ1) is 15.6. The summed E-state index contributed by atoms with van der Waals surface area (Å²) in [5.41, 5.74) is 4.70. The van der Waals surface area contributed by atoms with Gasteiger partial charge in [-0.25, -0.2) is 5.43 Å². The molecule has 1 aromatic heterocycles. The summed E-state index contributed by atoms with van der Waals surface area (Å²) in [6.45, 7) is 3.64. The highest BCUT2D eigenvalue weighted by Crippen LogP contribution is 2.11. The van der Waals surface area contributed by atoms with Crippen LogP contribution < -0.4 is 11.0 Å². The van der Waals surface area contributed by atoms with Gasteiger partial charge in [-0.05, 0) is 43.2 Å². The Morgan fingerprint density at radius 1 is 1.27 bits per heavy atom. The van der Waals surface area contributed by atoms with E-state index in [0.29, 0.717) is 23.4 Å². The van der Waals surface area contributed by atoms with Crippen molar-refractivity contribution in [3.8, 4) is 5.75 Å². The molecule has 7 heteroatoms. The number of hydrazone groups is 1. The molecule has 0 aliphatic heterocycles. The summed E-state index contributed by atoms with van der Waals surface area (Å²) >= 11 is 0. The van der Waals surface area contributed by atoms with Gasteiger partial charge in [-0.15, -0.1) is 0 Å². The van der Waals surface area contributed by atoms with E-state index in [9.17, 15) is 14.7 Å². The Bertz CT molecular complexity index is 741. The molecule has 0 unspecified atom stereocenters. The van der Waals surface area contributed by atoms with E-state index in [0.717, 1.165) is 5.56 Å². The smallest absolute Gasteiger partial charge is 0.267 e. The fourth-order valence-electron chi connectivity index (χ4n) is 2.02. The minimum Gasteiger partial charge on any atom is -0.508 e. The largest absolute Gasteiger partial charge is 0.508 e. The molecule has 116 valence electrons. The highest BCUT2D eigenvalue weighted by Gasteiger charge is 2.11. The second-order valence-electron chi connectivity index (χ2n) is 4.85. The summed E-state index contributed by atoms with van der Waals surface area (Å²) in [7, 11) is 0. The summed E-state index contributed by atoms with van der Waals surface area (Å²) < 4.78 is 0. The van der Waals surface area contributed by atoms with Crippen LogP contribution in [0.3, 0.4) is 0 Å². The van der Waals surface area contributed by atoms with Crippen LogP contribution in [0.5, 0.6) is 5.75 Å². The van der Waals surface area contributed by atoms with Crippen molar-refractivity contribution in [2.75, 3.05) is 0 Å². The van der Waals surface area contributed by atoms with E-state index in [1.807, 2.05) is 6.92 Å². The third-order valence-corrected chi connectivity index (χ3v) is 3.28. The third kappa shape index (κ3) is 3.63. The van der Waals surface area contributed by atoms with E-state index in [2.05, 4.69) is 20.7 Å². The molecule has 7 nitrogen and oxygen atoms in total. The molecular weight excluding hydrogens is 284 g/mol. The number of aromatic amines is 2. The third-order valence-electron chi connectivity index (χ3n) is 3.28. The van der Waals surface area contributed by atoms with E-state index in [1.165, 1.54) is 0 Å². The quantitative estimate of drug-likeness (QED) is 0.492. The second kappa shape index (κ2) is 6.75. The van der Waals surface area contributed by atoms with Gasteiger partial charge < -0.3 is 10.2 Å². The molecule has 22 heavy (non-hydrogen) atoms. The summed E-state index contributed by atoms with van der Waals surface area (Å²) in [6, 6.07) is 6.58. The molecule has 2 rings (SSSR count). The lowest BCUT2D eigenvalue weighted by molar-refractivity contribution is -0.120. The topological polar surface area (TPSA) is 110 Å². The average molecular weight is 302 g/mol. The Balaban J connectivity index is 2.07. The van der Waals surface area contributed by atoms with Crippen LogP contribution in [0.2, 0.25) is 0 Å². The molecule has 0 aliphatic rings. The van der Waals surface area contributed by atoms with Crippen LogP contribution in [-0.4, -0.2) is 26.9 Å². The lowest BCUT2D eigenvalue weighted by atomic mass is 10.1. The molecule has 0 atom stereocenters. The SMILES string of the molecule is CC/C(=N\NC(=O)Cc1c(C)[nH][nH]c1=O)c1ccc(O)cc1. The molecule has 1 amide bonds. The molecule has 1 aromatic carbocycles. The molecule has 0 fully saturated rings. The predicted molar refractivity (Wildman–Crippen MR) is 82.9 cm³/mol. The number of amides is 1. The highest BCUT2D eigenvalue weighted by molar-refractivity contribution is 6.01. The van der Waals surface area contributed by atoms with Crippen LogP contribution in [0.25, 0.3) is 0 Å². The van der Waals surface area contributed by atoms with Gasteiger partial charge in [0.25, 0.3) is 5.56 Å². The van der Waals surface area contributed by atoms with Crippen molar-refractivity contribution in [2.24, 2.45) is 5.10 Å². The molecule has 0 saturated carbocycles. The molecule has 0 spiro atoms. The molecule has 0 aliphatic carbocycles. The van der Waals surface area contributed by atoms with Gasteiger partial charge >= 0.3 is 0 Å². The number of H-pyrrole nitrogens is 2. The van der Waals surface area contributed by atoms with Crippen LogP contribution in [-0.2, 0) is 11.2 Å². The van der Waals surface area contributed by atoms with E-state index < -0.39 is 0 Å². The molecule has 1 heterocycles. The number of nitrogens with zero attached hydrogens (tertiary/aromatic N) is 1. The standard InChI is InChI=1S/C15H18N4O3/c1-3-13(10-4-6-11(20)7-5-10)17-18-14(21)8-12-9(2)16-19-15(12)22/h4-7,20H,3,8H2,1-2H3,(H,18,21)(H2,16,19,22)/b17-13+. The highest BCUT2D eigenvalue weighted by atomic mass is 16.3. The Morgan fingerprint density at radius 2 is 1.95 bits per heavy atom. The van der Waals surface area contributed by atoms with E-state index in [1.54, 1.807) is 31.2 Å². The number of benzene rings is 1. The zero-order chi connectivity index (χ0) is 16.1. The number of rotatable bonds is 5. The van der Waals surface area contributed by atoms with Gasteiger partial charge in [0.2, 0.25) is 5.91 Å². The zero-order valence-electron chi connectivity index (χ0n) is 12.4. The van der Waals surface area contributed by atoms with Crippen LogP contribution in [0.1, 0.15) is 30.2 Å². The summed E-state index contributed by atoms with van der Waals surface area (Å²) in [5, 5.41) is 18.5. The van der Waals surface area contributed by atoms with Gasteiger partial charge in [0.15, 0.2) is 0 Å². The lowest BCUT2D eigenvalue weighted by Crippen LogP contribution is -2.24. The molecule has 2 aromatic rings. The van der Waals surface area contributed by atoms with Gasteiger partial charge in [0.1, 0.15) is 5.75 Å². The number of hydrogen-bond donors (Lipinski definition) is 4. The number of aromatic hydroxyl groups is 1. The molecular formula is C15H18N4O3. The Morgan fingerprint density at radius 3 is 2.50 bits per heavy atom. The number of phenolic OH excluding ortho intramolecular Hbond substituents is 1. The summed E-state index contributed by atoms with van der Waals surface area (Å²) in [4.78, 5) is 23.4. The molecule has 0 bridgehead atoms. The normalized spacial score (nSPS) is 11.5. The van der Waals surface area contributed by atoms with Crippen molar-refractivity contribution in [3.05, 3.63) is 51.4 Å². The first-order chi connectivity index (χ1) is 10.5. The van der Waals surface area contributed by atoms with E-state index in [-0.39, 0.29) is 23.6 Å². The van der Waals surface area contributed by atoms with Gasteiger partial charge in [-0.2, -0.15) is 5.10 Å². The summed E-state index contributed by atoms with van der Waals surface area (Å²) in [5.74, 6) is -0.191. The number of carbonyl (C=O) groups excluding carboxylic acids is 1. The first-order valence-electron chi connectivity index (χ1n) is 6.92. The monoisotopic (exact) mass is 302 g/mol. The number of carbonyl (C=O) groups is 1. The zero-order valence-corrected chi connectivity index (χ0v) is 12.4. The molecule has 4 N–H and O–H groups in total. The number of nitrogens with one attached hydrogen (secondary N) is 3. The van der Waals surface area contributed by atoms with Crippen LogP contribution in [0.4, 0.5) is 0 Å². The van der Waals surface area contributed by atoms with Crippen molar-refractivity contribution in [3.63, 3.8) is 0 Å². The van der Waals surface area contributed by atoms with Crippen molar-refractivity contribution in [2.45, 2.75) is 26.7 Å². The fourth-order valence-corrected chi connectivity index (χ4v) is 2.02. The lowest BCUT2D eigenvalue weighted by Gasteiger charge is -2.05. The van der Waals surface area contributed by atoms with Gasteiger partial charge in [-0.3, -0.25) is 14.7 Å². The van der Waals surface area contributed by atoms with Crippen LogP contribution >= 0.6 is 0 Å². The van der Waals surface area contributed by atoms with Crippen molar-refractivity contribution < 1.29 is 9.90 Å². The minimum atomic E-state index is -0.363. The maximum absolute atomic E-state index is 11.9.